The average Bonchev–Trinajstić information content (AvgIpc) is 2.48. The summed E-state index contributed by atoms with van der Waals surface area (Å²) in [7, 11) is -1.15. The summed E-state index contributed by atoms with van der Waals surface area (Å²) >= 11 is 0. The van der Waals surface area contributed by atoms with E-state index in [9.17, 15) is 34.8 Å². The van der Waals surface area contributed by atoms with Gasteiger partial charge in [0.15, 0.2) is 24.7 Å². The van der Waals surface area contributed by atoms with Crippen molar-refractivity contribution in [3.05, 3.63) is 0 Å². The molecule has 4 nitrogen and oxygen atoms in total. The highest BCUT2D eigenvalue weighted by Gasteiger charge is 2.41. The minimum absolute atomic E-state index is 0.0548. The molecule has 148 valence electrons. The van der Waals surface area contributed by atoms with Crippen molar-refractivity contribution >= 4 is 10.1 Å². The summed E-state index contributed by atoms with van der Waals surface area (Å²) < 4.78 is 107. The number of nitrogens with one attached hydrogen (secondary N) is 1. The van der Waals surface area contributed by atoms with Crippen LogP contribution in [0.25, 0.3) is 0 Å². The van der Waals surface area contributed by atoms with Gasteiger partial charge >= 0.3 is 0 Å². The minimum Gasteiger partial charge on any atom is -0.323 e. The van der Waals surface area contributed by atoms with E-state index >= 15 is 0 Å². The molecule has 0 aromatic rings. The van der Waals surface area contributed by atoms with Crippen molar-refractivity contribution in [3.8, 4) is 0 Å². The van der Waals surface area contributed by atoms with Crippen molar-refractivity contribution in [2.75, 3.05) is 26.5 Å². The van der Waals surface area contributed by atoms with Crippen LogP contribution in [0.2, 0.25) is 0 Å². The number of rotatable bonds is 11. The molecule has 2 N–H and O–H groups in total. The van der Waals surface area contributed by atoms with Crippen molar-refractivity contribution in [1.82, 2.24) is 5.32 Å². The van der Waals surface area contributed by atoms with Crippen molar-refractivity contribution in [3.63, 3.8) is 0 Å². The van der Waals surface area contributed by atoms with Crippen LogP contribution in [0.4, 0.5) is 26.3 Å². The first-order valence-electron chi connectivity index (χ1n) is 7.31. The van der Waals surface area contributed by atoms with E-state index in [1.54, 1.807) is 0 Å². The van der Waals surface area contributed by atoms with Gasteiger partial charge in [0.1, 0.15) is 11.9 Å². The molecule has 5 atom stereocenters. The lowest BCUT2D eigenvalue weighted by atomic mass is 10.0. The third kappa shape index (κ3) is 12.8. The van der Waals surface area contributed by atoms with Gasteiger partial charge in [0.05, 0.1) is 6.67 Å². The van der Waals surface area contributed by atoms with Crippen molar-refractivity contribution in [1.29, 1.82) is 0 Å². The van der Waals surface area contributed by atoms with Crippen molar-refractivity contribution in [2.24, 2.45) is 0 Å². The molecule has 0 saturated heterocycles. The zero-order chi connectivity index (χ0) is 19.3. The molecule has 24 heavy (non-hydrogen) atoms. The second-order valence-electron chi connectivity index (χ2n) is 5.15. The standard InChI is InChI=1S/C11H18F6O3S.C2H7N/c12-5-3-1-2-4-7(13)9(15)11(17)10(16)8(14)6-21(18,19)20;1-3-2/h7-11H,1-6H2,(H,18,19,20);3H,1-2H3. The molecule has 5 unspecified atom stereocenters. The molecular formula is C13H25F6NO3S. The van der Waals surface area contributed by atoms with Crippen LogP contribution in [0, 0.1) is 0 Å². The second kappa shape index (κ2) is 13.7. The third-order valence-electron chi connectivity index (χ3n) is 2.78. The van der Waals surface area contributed by atoms with Crippen LogP contribution in [0.5, 0.6) is 0 Å². The molecule has 0 saturated carbocycles. The third-order valence-corrected chi connectivity index (χ3v) is 3.52. The number of hydrogen-bond acceptors (Lipinski definition) is 3. The first-order valence-corrected chi connectivity index (χ1v) is 8.92. The highest BCUT2D eigenvalue weighted by molar-refractivity contribution is 7.85. The van der Waals surface area contributed by atoms with Crippen LogP contribution in [0.3, 0.4) is 0 Å². The number of unbranched alkanes of at least 4 members (excludes halogenated alkanes) is 2. The number of alkyl halides is 6. The molecule has 0 aromatic heterocycles. The molecule has 0 rings (SSSR count). The quantitative estimate of drug-likeness (QED) is 0.324. The summed E-state index contributed by atoms with van der Waals surface area (Å²) in [6.45, 7) is -0.631. The predicted octanol–water partition coefficient (Wildman–Crippen LogP) is 2.93. The maximum atomic E-state index is 13.3. The van der Waals surface area contributed by atoms with Gasteiger partial charge in [-0.2, -0.15) is 8.42 Å². The van der Waals surface area contributed by atoms with E-state index < -0.39 is 59.8 Å². The van der Waals surface area contributed by atoms with Gasteiger partial charge in [-0.15, -0.1) is 0 Å². The van der Waals surface area contributed by atoms with Crippen molar-refractivity contribution < 1.29 is 39.3 Å². The van der Waals surface area contributed by atoms with Gasteiger partial charge in [0.2, 0.25) is 0 Å². The molecule has 0 radical (unpaired) electrons. The van der Waals surface area contributed by atoms with Gasteiger partial charge in [-0.25, -0.2) is 22.0 Å². The highest BCUT2D eigenvalue weighted by atomic mass is 32.2. The van der Waals surface area contributed by atoms with Crippen LogP contribution >= 0.6 is 0 Å². The average molecular weight is 389 g/mol. The Balaban J connectivity index is 0. The van der Waals surface area contributed by atoms with E-state index in [1.807, 2.05) is 14.1 Å². The molecule has 0 aliphatic carbocycles. The maximum Gasteiger partial charge on any atom is 0.267 e. The van der Waals surface area contributed by atoms with Crippen LogP contribution in [0.1, 0.15) is 25.7 Å². The summed E-state index contributed by atoms with van der Waals surface area (Å²) in [6, 6.07) is 0. The lowest BCUT2D eigenvalue weighted by Crippen LogP contribution is -2.41. The Kier molecular flexibility index (Phi) is 14.7. The Morgan fingerprint density at radius 1 is 0.875 bits per heavy atom. The molecule has 0 aliphatic heterocycles. The van der Waals surface area contributed by atoms with Crippen LogP contribution in [-0.4, -0.2) is 70.4 Å². The fourth-order valence-corrected chi connectivity index (χ4v) is 2.22. The molecule has 0 heterocycles. The monoisotopic (exact) mass is 389 g/mol. The Morgan fingerprint density at radius 3 is 1.75 bits per heavy atom. The van der Waals surface area contributed by atoms with Gasteiger partial charge in [-0.1, -0.05) is 12.8 Å². The van der Waals surface area contributed by atoms with Crippen LogP contribution < -0.4 is 5.32 Å². The van der Waals surface area contributed by atoms with Crippen molar-refractivity contribution in [2.45, 2.75) is 56.5 Å². The van der Waals surface area contributed by atoms with Gasteiger partial charge in [0, 0.05) is 0 Å². The smallest absolute Gasteiger partial charge is 0.267 e. The zero-order valence-electron chi connectivity index (χ0n) is 13.6. The molecule has 0 amide bonds. The minimum atomic E-state index is -4.90. The Hall–Kier alpha value is -0.550. The Morgan fingerprint density at radius 2 is 1.33 bits per heavy atom. The van der Waals surface area contributed by atoms with Gasteiger partial charge in [-0.05, 0) is 26.9 Å². The second-order valence-corrected chi connectivity index (χ2v) is 6.65. The lowest BCUT2D eigenvalue weighted by molar-refractivity contribution is 0.00346. The molecular weight excluding hydrogens is 364 g/mol. The largest absolute Gasteiger partial charge is 0.323 e. The molecule has 0 spiro atoms. The topological polar surface area (TPSA) is 66.4 Å². The Bertz CT molecular complexity index is 401. The maximum absolute atomic E-state index is 13.3. The Labute approximate surface area is 138 Å². The molecule has 0 fully saturated rings. The summed E-state index contributed by atoms with van der Waals surface area (Å²) in [6.07, 6.45) is -14.8. The van der Waals surface area contributed by atoms with Crippen LogP contribution in [-0.2, 0) is 10.1 Å². The lowest BCUT2D eigenvalue weighted by Gasteiger charge is -2.22. The van der Waals surface area contributed by atoms with E-state index in [-0.39, 0.29) is 19.3 Å². The van der Waals surface area contributed by atoms with E-state index in [2.05, 4.69) is 5.32 Å². The fraction of sp³-hybridized carbons (Fsp3) is 1.00. The summed E-state index contributed by atoms with van der Waals surface area (Å²) in [5.74, 6) is -1.74. The van der Waals surface area contributed by atoms with E-state index in [0.29, 0.717) is 0 Å². The predicted molar refractivity (Wildman–Crippen MR) is 80.3 cm³/mol. The molecule has 0 aliphatic rings. The highest BCUT2D eigenvalue weighted by Crippen LogP contribution is 2.24. The summed E-state index contributed by atoms with van der Waals surface area (Å²) in [4.78, 5) is 0. The SMILES string of the molecule is CNC.O=S(=O)(O)CC(F)C(F)C(F)C(F)C(F)CCCCCF. The number of halogens is 6. The number of hydrogen-bond donors (Lipinski definition) is 2. The summed E-state index contributed by atoms with van der Waals surface area (Å²) in [5, 5.41) is 2.75. The normalized spacial score (nSPS) is 18.0. The molecule has 0 aromatic carbocycles. The fourth-order valence-electron chi connectivity index (χ4n) is 1.64. The van der Waals surface area contributed by atoms with E-state index in [1.165, 1.54) is 0 Å². The van der Waals surface area contributed by atoms with Crippen LogP contribution in [0.15, 0.2) is 0 Å². The van der Waals surface area contributed by atoms with Gasteiger partial charge in [0.25, 0.3) is 10.1 Å². The molecule has 11 heteroatoms. The molecule has 0 bridgehead atoms. The first-order chi connectivity index (χ1) is 11.0. The first kappa shape index (κ1) is 25.7. The van der Waals surface area contributed by atoms with E-state index in [4.69, 9.17) is 4.55 Å². The summed E-state index contributed by atoms with van der Waals surface area (Å²) in [5.41, 5.74) is 0. The zero-order valence-corrected chi connectivity index (χ0v) is 14.4. The van der Waals surface area contributed by atoms with Gasteiger partial charge in [-0.3, -0.25) is 8.94 Å². The van der Waals surface area contributed by atoms with E-state index in [0.717, 1.165) is 0 Å². The van der Waals surface area contributed by atoms with Gasteiger partial charge < -0.3 is 5.32 Å².